The van der Waals surface area contributed by atoms with Crippen LogP contribution in [-0.4, -0.2) is 0 Å². The maximum absolute atomic E-state index is 13.9. The second kappa shape index (κ2) is 6.88. The lowest BCUT2D eigenvalue weighted by atomic mass is 9.96. The molecule has 0 amide bonds. The second-order valence-corrected chi connectivity index (χ2v) is 6.36. The predicted octanol–water partition coefficient (Wildman–Crippen LogP) is 4.61. The number of halogens is 3. The zero-order valence-corrected chi connectivity index (χ0v) is 14.2. The molecular formula is C16H17BrClFN2. The van der Waals surface area contributed by atoms with Crippen LogP contribution in [-0.2, 0) is 6.42 Å². The fourth-order valence-corrected chi connectivity index (χ4v) is 2.75. The second-order valence-electron chi connectivity index (χ2n) is 5.13. The fourth-order valence-electron chi connectivity index (χ4n) is 2.36. The highest BCUT2D eigenvalue weighted by Gasteiger charge is 2.15. The van der Waals surface area contributed by atoms with Crippen LogP contribution in [0, 0.1) is 19.7 Å². The fraction of sp³-hybridized carbons (Fsp3) is 0.250. The van der Waals surface area contributed by atoms with Gasteiger partial charge in [0.05, 0.1) is 6.04 Å². The van der Waals surface area contributed by atoms with Gasteiger partial charge in [-0.05, 0) is 54.7 Å². The summed E-state index contributed by atoms with van der Waals surface area (Å²) in [5, 5.41) is 0.392. The van der Waals surface area contributed by atoms with Crippen molar-refractivity contribution in [2.75, 3.05) is 0 Å². The molecule has 0 radical (unpaired) electrons. The summed E-state index contributed by atoms with van der Waals surface area (Å²) in [7, 11) is 0. The minimum atomic E-state index is -0.312. The number of hydrogen-bond donors (Lipinski definition) is 2. The molecule has 5 heteroatoms. The summed E-state index contributed by atoms with van der Waals surface area (Å²) in [5.41, 5.74) is 6.64. The molecule has 1 atom stereocenters. The first-order chi connectivity index (χ1) is 9.92. The smallest absolute Gasteiger partial charge is 0.127 e. The third-order valence-electron chi connectivity index (χ3n) is 3.50. The largest absolute Gasteiger partial charge is 0.271 e. The summed E-state index contributed by atoms with van der Waals surface area (Å²) in [4.78, 5) is 0. The van der Waals surface area contributed by atoms with E-state index in [1.165, 1.54) is 6.07 Å². The SMILES string of the molecule is Cc1cc(C(Cc2ccc(Cl)cc2F)NN)cc(C)c1Br. The van der Waals surface area contributed by atoms with Crippen LogP contribution in [0.15, 0.2) is 34.8 Å². The van der Waals surface area contributed by atoms with E-state index in [0.717, 1.165) is 21.2 Å². The monoisotopic (exact) mass is 370 g/mol. The third kappa shape index (κ3) is 3.83. The molecule has 0 fully saturated rings. The number of hydrogen-bond acceptors (Lipinski definition) is 2. The van der Waals surface area contributed by atoms with Gasteiger partial charge in [0, 0.05) is 9.50 Å². The van der Waals surface area contributed by atoms with Crippen molar-refractivity contribution in [3.05, 3.63) is 67.9 Å². The lowest BCUT2D eigenvalue weighted by Gasteiger charge is -2.19. The molecule has 0 aliphatic rings. The average molecular weight is 372 g/mol. The van der Waals surface area contributed by atoms with E-state index >= 15 is 0 Å². The van der Waals surface area contributed by atoms with Crippen molar-refractivity contribution in [3.8, 4) is 0 Å². The van der Waals surface area contributed by atoms with Crippen molar-refractivity contribution >= 4 is 27.5 Å². The van der Waals surface area contributed by atoms with Gasteiger partial charge in [-0.25, -0.2) is 4.39 Å². The number of rotatable bonds is 4. The Labute approximate surface area is 137 Å². The van der Waals surface area contributed by atoms with Crippen LogP contribution in [0.25, 0.3) is 0 Å². The van der Waals surface area contributed by atoms with Crippen LogP contribution < -0.4 is 11.3 Å². The average Bonchev–Trinajstić information content (AvgIpc) is 2.43. The van der Waals surface area contributed by atoms with Gasteiger partial charge in [-0.2, -0.15) is 0 Å². The Morgan fingerprint density at radius 2 is 1.86 bits per heavy atom. The molecule has 0 bridgehead atoms. The molecule has 2 aromatic carbocycles. The molecule has 0 saturated carbocycles. The molecule has 2 nitrogen and oxygen atoms in total. The van der Waals surface area contributed by atoms with Crippen LogP contribution in [0.3, 0.4) is 0 Å². The molecule has 2 rings (SSSR count). The normalized spacial score (nSPS) is 12.5. The van der Waals surface area contributed by atoms with Crippen molar-refractivity contribution in [2.24, 2.45) is 5.84 Å². The number of benzene rings is 2. The standard InChI is InChI=1S/C16H17BrClFN2/c1-9-5-12(6-10(2)16(9)17)15(21-20)7-11-3-4-13(18)8-14(11)19/h3-6,8,15,21H,7,20H2,1-2H3. The summed E-state index contributed by atoms with van der Waals surface area (Å²) in [6, 6.07) is 8.64. The Bertz CT molecular complexity index is 638. The van der Waals surface area contributed by atoms with E-state index in [0.29, 0.717) is 17.0 Å². The highest BCUT2D eigenvalue weighted by Crippen LogP contribution is 2.28. The van der Waals surface area contributed by atoms with E-state index < -0.39 is 0 Å². The molecule has 0 aromatic heterocycles. The molecule has 0 aliphatic carbocycles. The molecule has 3 N–H and O–H groups in total. The molecule has 0 spiro atoms. The van der Waals surface area contributed by atoms with Gasteiger partial charge in [-0.15, -0.1) is 0 Å². The Balaban J connectivity index is 2.32. The first-order valence-corrected chi connectivity index (χ1v) is 7.76. The van der Waals surface area contributed by atoms with Crippen LogP contribution in [0.2, 0.25) is 5.02 Å². The van der Waals surface area contributed by atoms with E-state index in [-0.39, 0.29) is 11.9 Å². The van der Waals surface area contributed by atoms with Gasteiger partial charge < -0.3 is 0 Å². The van der Waals surface area contributed by atoms with Gasteiger partial charge in [0.2, 0.25) is 0 Å². The predicted molar refractivity (Wildman–Crippen MR) is 88.8 cm³/mol. The summed E-state index contributed by atoms with van der Waals surface area (Å²) in [5.74, 6) is 5.35. The molecule has 0 saturated heterocycles. The molecule has 0 aliphatic heterocycles. The molecule has 112 valence electrons. The molecule has 1 unspecified atom stereocenters. The maximum atomic E-state index is 13.9. The Hall–Kier alpha value is -0.940. The van der Waals surface area contributed by atoms with Crippen molar-refractivity contribution in [1.82, 2.24) is 5.43 Å². The summed E-state index contributed by atoms with van der Waals surface area (Å²) >= 11 is 9.32. The van der Waals surface area contributed by atoms with Gasteiger partial charge in [0.15, 0.2) is 0 Å². The van der Waals surface area contributed by atoms with Crippen molar-refractivity contribution in [1.29, 1.82) is 0 Å². The lowest BCUT2D eigenvalue weighted by molar-refractivity contribution is 0.528. The van der Waals surface area contributed by atoms with E-state index in [1.807, 2.05) is 13.8 Å². The topological polar surface area (TPSA) is 38.0 Å². The number of hydrazine groups is 1. The first kappa shape index (κ1) is 16.4. The van der Waals surface area contributed by atoms with Gasteiger partial charge in [-0.1, -0.05) is 45.7 Å². The Morgan fingerprint density at radius 3 is 2.38 bits per heavy atom. The third-order valence-corrected chi connectivity index (χ3v) is 4.99. The van der Waals surface area contributed by atoms with Crippen LogP contribution >= 0.6 is 27.5 Å². The molecule has 0 heterocycles. The minimum absolute atomic E-state index is 0.161. The molecule has 2 aromatic rings. The summed E-state index contributed by atoms with van der Waals surface area (Å²) in [6.07, 6.45) is 0.458. The highest BCUT2D eigenvalue weighted by atomic mass is 79.9. The minimum Gasteiger partial charge on any atom is -0.271 e. The number of nitrogens with two attached hydrogens (primary N) is 1. The van der Waals surface area contributed by atoms with Crippen LogP contribution in [0.1, 0.15) is 28.3 Å². The van der Waals surface area contributed by atoms with Gasteiger partial charge in [-0.3, -0.25) is 11.3 Å². The number of aryl methyl sites for hydroxylation is 2. The van der Waals surface area contributed by atoms with Crippen molar-refractivity contribution < 1.29 is 4.39 Å². The number of nitrogens with one attached hydrogen (secondary N) is 1. The van der Waals surface area contributed by atoms with E-state index in [1.54, 1.807) is 12.1 Å². The van der Waals surface area contributed by atoms with Crippen molar-refractivity contribution in [3.63, 3.8) is 0 Å². The van der Waals surface area contributed by atoms with Crippen LogP contribution in [0.5, 0.6) is 0 Å². The summed E-state index contributed by atoms with van der Waals surface area (Å²) in [6.45, 7) is 4.05. The Morgan fingerprint density at radius 1 is 1.24 bits per heavy atom. The molecule has 21 heavy (non-hydrogen) atoms. The van der Waals surface area contributed by atoms with Gasteiger partial charge in [0.25, 0.3) is 0 Å². The quantitative estimate of drug-likeness (QED) is 0.608. The maximum Gasteiger partial charge on any atom is 0.127 e. The zero-order chi connectivity index (χ0) is 15.6. The molecular weight excluding hydrogens is 355 g/mol. The van der Waals surface area contributed by atoms with Crippen LogP contribution in [0.4, 0.5) is 4.39 Å². The Kier molecular flexibility index (Phi) is 5.38. The first-order valence-electron chi connectivity index (χ1n) is 6.59. The zero-order valence-electron chi connectivity index (χ0n) is 11.9. The van der Waals surface area contributed by atoms with Crippen molar-refractivity contribution in [2.45, 2.75) is 26.3 Å². The van der Waals surface area contributed by atoms with Gasteiger partial charge in [0.1, 0.15) is 5.82 Å². The van der Waals surface area contributed by atoms with E-state index in [9.17, 15) is 4.39 Å². The van der Waals surface area contributed by atoms with E-state index in [2.05, 4.69) is 33.5 Å². The van der Waals surface area contributed by atoms with E-state index in [4.69, 9.17) is 17.4 Å². The summed E-state index contributed by atoms with van der Waals surface area (Å²) < 4.78 is 15.0. The lowest BCUT2D eigenvalue weighted by Crippen LogP contribution is -2.30. The highest BCUT2D eigenvalue weighted by molar-refractivity contribution is 9.10. The van der Waals surface area contributed by atoms with Gasteiger partial charge >= 0.3 is 0 Å².